The third kappa shape index (κ3) is 3.89. The van der Waals surface area contributed by atoms with E-state index in [1.807, 2.05) is 25.0 Å². The fraction of sp³-hybridized carbons (Fsp3) is 0.417. The quantitative estimate of drug-likeness (QED) is 0.354. The van der Waals surface area contributed by atoms with Gasteiger partial charge in [0.25, 0.3) is 5.91 Å². The molecule has 2 fully saturated rings. The summed E-state index contributed by atoms with van der Waals surface area (Å²) in [5, 5.41) is 2.37. The lowest BCUT2D eigenvalue weighted by atomic mass is 9.78. The minimum absolute atomic E-state index is 0.263. The van der Waals surface area contributed by atoms with Crippen LogP contribution < -0.4 is 0 Å². The highest BCUT2D eigenvalue weighted by atomic mass is 35.5. The first kappa shape index (κ1) is 23.7. The number of carbonyl (C=O) groups excluding carboxylic acids is 2. The fourth-order valence-electron chi connectivity index (χ4n) is 4.71. The Morgan fingerprint density at radius 3 is 2.29 bits per heavy atom. The number of piperidine rings is 1. The highest BCUT2D eigenvalue weighted by Gasteiger charge is 2.66. The number of hydrogen-bond donors (Lipinski definition) is 0. The van der Waals surface area contributed by atoms with E-state index in [-0.39, 0.29) is 11.7 Å². The van der Waals surface area contributed by atoms with Crippen LogP contribution >= 0.6 is 23.2 Å². The molecule has 0 aromatic heterocycles. The van der Waals surface area contributed by atoms with Crippen molar-refractivity contribution in [3.63, 3.8) is 0 Å². The summed E-state index contributed by atoms with van der Waals surface area (Å²) in [5.41, 5.74) is 1.97. The Hall–Kier alpha value is -1.92. The third-order valence-electron chi connectivity index (χ3n) is 6.38. The van der Waals surface area contributed by atoms with Crippen molar-refractivity contribution in [2.45, 2.75) is 37.1 Å². The molecule has 2 heterocycles. The van der Waals surface area contributed by atoms with Crippen molar-refractivity contribution in [2.75, 3.05) is 26.7 Å². The van der Waals surface area contributed by atoms with Crippen molar-refractivity contribution in [1.82, 2.24) is 9.96 Å². The van der Waals surface area contributed by atoms with Crippen molar-refractivity contribution in [1.29, 1.82) is 0 Å². The largest absolute Gasteiger partial charge is 0.331 e. The van der Waals surface area contributed by atoms with Crippen molar-refractivity contribution >= 4 is 34.9 Å². The molecule has 0 N–H and O–H groups in total. The number of alkyl halides is 1. The highest BCUT2D eigenvalue weighted by molar-refractivity contribution is 6.49. The van der Waals surface area contributed by atoms with Crippen LogP contribution in [0.2, 0.25) is 5.02 Å². The van der Waals surface area contributed by atoms with Crippen LogP contribution in [-0.4, -0.2) is 53.9 Å². The molecule has 0 aliphatic carbocycles. The normalized spacial score (nSPS) is 24.2. The zero-order chi connectivity index (χ0) is 23.0. The maximum atomic E-state index is 13.8. The number of ketones is 1. The zero-order valence-corrected chi connectivity index (χ0v) is 19.7. The minimum atomic E-state index is -1.74. The first-order valence-electron chi connectivity index (χ1n) is 10.2. The first-order valence-corrected chi connectivity index (χ1v) is 11.0. The van der Waals surface area contributed by atoms with Gasteiger partial charge in [-0.05, 0) is 61.1 Å². The molecule has 1 unspecified atom stereocenters. The van der Waals surface area contributed by atoms with E-state index in [1.54, 1.807) is 36.2 Å². The minimum Gasteiger partial charge on any atom is -0.331 e. The Labute approximate surface area is 193 Å². The molecule has 0 saturated carbocycles. The van der Waals surface area contributed by atoms with Crippen molar-refractivity contribution < 1.29 is 14.4 Å². The topological polar surface area (TPSA) is 49.9 Å². The summed E-state index contributed by atoms with van der Waals surface area (Å²) in [5.74, 6) is -0.648. The van der Waals surface area contributed by atoms with Gasteiger partial charge in [-0.2, -0.15) is 5.06 Å². The van der Waals surface area contributed by atoms with Crippen LogP contribution in [0.3, 0.4) is 0 Å². The second-order valence-electron chi connectivity index (χ2n) is 8.18. The number of Topliss-reactive ketones (excluding diaryl/α,β-unsaturated/α-hetero) is 1. The van der Waals surface area contributed by atoms with Crippen molar-refractivity contribution in [3.05, 3.63) is 70.8 Å². The second kappa shape index (κ2) is 8.91. The van der Waals surface area contributed by atoms with E-state index in [9.17, 15) is 9.59 Å². The van der Waals surface area contributed by atoms with E-state index in [0.29, 0.717) is 43.1 Å². The number of rotatable bonds is 6. The number of carbonyl (C=O) groups is 2. The lowest BCUT2D eigenvalue weighted by Gasteiger charge is -2.41. The Morgan fingerprint density at radius 1 is 1.19 bits per heavy atom. The van der Waals surface area contributed by atoms with Gasteiger partial charge in [0.15, 0.2) is 5.78 Å². The van der Waals surface area contributed by atoms with Crippen LogP contribution in [0.4, 0.5) is 0 Å². The summed E-state index contributed by atoms with van der Waals surface area (Å²) in [6, 6.07) is 3.48. The van der Waals surface area contributed by atoms with Crippen molar-refractivity contribution in [3.8, 4) is 0 Å². The van der Waals surface area contributed by atoms with Gasteiger partial charge in [-0.3, -0.25) is 14.4 Å². The van der Waals surface area contributed by atoms with Crippen LogP contribution in [0.1, 0.15) is 29.5 Å². The first-order chi connectivity index (χ1) is 14.6. The average Bonchev–Trinajstić information content (AvgIpc) is 2.86. The molecule has 7 heteroatoms. The number of aryl methyl sites for hydroxylation is 2. The molecule has 166 valence electrons. The van der Waals surface area contributed by atoms with E-state index in [0.717, 1.165) is 16.7 Å². The Balaban J connectivity index is 1.84. The van der Waals surface area contributed by atoms with Gasteiger partial charge in [-0.25, -0.2) is 0 Å². The molecule has 5 nitrogen and oxygen atoms in total. The number of hydrogen-bond acceptors (Lipinski definition) is 4. The van der Waals surface area contributed by atoms with Gasteiger partial charge < -0.3 is 4.90 Å². The van der Waals surface area contributed by atoms with E-state index in [1.165, 1.54) is 0 Å². The van der Waals surface area contributed by atoms with E-state index >= 15 is 0 Å². The number of benzene rings is 1. The zero-order valence-electron chi connectivity index (χ0n) is 18.2. The van der Waals surface area contributed by atoms with Crippen LogP contribution in [0.25, 0.3) is 0 Å². The van der Waals surface area contributed by atoms with Gasteiger partial charge in [0.2, 0.25) is 4.87 Å². The van der Waals surface area contributed by atoms with Crippen LogP contribution in [0.5, 0.6) is 0 Å². The summed E-state index contributed by atoms with van der Waals surface area (Å²) >= 11 is 13.1. The molecular weight excluding hydrogens is 435 g/mol. The molecule has 2 aliphatic heterocycles. The number of hydroxylamine groups is 2. The number of likely N-dealkylation sites (N-methyl/N-ethyl adjacent to an activating group) is 1. The van der Waals surface area contributed by atoms with Gasteiger partial charge in [-0.15, -0.1) is 0 Å². The number of halogens is 2. The molecule has 31 heavy (non-hydrogen) atoms. The van der Waals surface area contributed by atoms with Crippen LogP contribution in [0, 0.1) is 13.8 Å². The molecule has 2 aliphatic rings. The Kier molecular flexibility index (Phi) is 6.82. The molecule has 0 bridgehead atoms. The van der Waals surface area contributed by atoms with E-state index in [2.05, 4.69) is 13.2 Å². The summed E-state index contributed by atoms with van der Waals surface area (Å²) in [6.45, 7) is 12.5. The maximum Gasteiger partial charge on any atom is 0.256 e. The van der Waals surface area contributed by atoms with Crippen molar-refractivity contribution in [2.24, 2.45) is 0 Å². The third-order valence-corrected chi connectivity index (χ3v) is 7.12. The van der Waals surface area contributed by atoms with Gasteiger partial charge in [0, 0.05) is 25.2 Å². The molecule has 1 atom stereocenters. The standard InChI is InChI=1S/C24H28Cl2N2O3/c1-6-8-18(7-2)15-31-28-11-9-23(10-12-28)21(29)24(26,22(30)27(23)5)20-16(3)13-19(25)14-17(20)4/h6-8,13-14H,1-2,9-12,15H2,3-5H3/b18-8+. The number of amides is 1. The predicted molar refractivity (Wildman–Crippen MR) is 124 cm³/mol. The van der Waals surface area contributed by atoms with Gasteiger partial charge in [0.05, 0.1) is 6.61 Å². The summed E-state index contributed by atoms with van der Waals surface area (Å²) in [7, 11) is 1.67. The van der Waals surface area contributed by atoms with Gasteiger partial charge >= 0.3 is 0 Å². The van der Waals surface area contributed by atoms with Gasteiger partial charge in [0.1, 0.15) is 5.54 Å². The smallest absolute Gasteiger partial charge is 0.256 e. The van der Waals surface area contributed by atoms with Crippen LogP contribution in [0.15, 0.2) is 49.1 Å². The molecule has 0 radical (unpaired) electrons. The molecule has 1 aromatic carbocycles. The van der Waals surface area contributed by atoms with E-state index < -0.39 is 10.4 Å². The average molecular weight is 463 g/mol. The SMILES string of the molecule is C=C/C=C(\C=C)CON1CCC2(CC1)C(=O)C(Cl)(c1c(C)cc(Cl)cc1C)C(=O)N2C. The molecular formula is C24H28Cl2N2O3. The Bertz CT molecular complexity index is 941. The molecule has 3 rings (SSSR count). The van der Waals surface area contributed by atoms with Crippen LogP contribution in [-0.2, 0) is 19.3 Å². The lowest BCUT2D eigenvalue weighted by molar-refractivity contribution is -0.177. The summed E-state index contributed by atoms with van der Waals surface area (Å²) in [4.78, 5) is 32.8. The maximum absolute atomic E-state index is 13.8. The molecule has 2 saturated heterocycles. The second-order valence-corrected chi connectivity index (χ2v) is 9.19. The number of allylic oxidation sites excluding steroid dienone is 2. The highest BCUT2D eigenvalue weighted by Crippen LogP contribution is 2.50. The number of nitrogens with zero attached hydrogens (tertiary/aromatic N) is 2. The molecule has 1 spiro atoms. The fourth-order valence-corrected chi connectivity index (χ4v) is 5.64. The summed E-state index contributed by atoms with van der Waals surface area (Å²) in [6.07, 6.45) is 6.14. The van der Waals surface area contributed by atoms with Gasteiger partial charge in [-0.1, -0.05) is 54.6 Å². The number of likely N-dealkylation sites (tertiary alicyclic amines) is 1. The molecule has 1 amide bonds. The Morgan fingerprint density at radius 2 is 1.77 bits per heavy atom. The molecule has 1 aromatic rings. The monoisotopic (exact) mass is 462 g/mol. The lowest BCUT2D eigenvalue weighted by Crippen LogP contribution is -2.55. The summed E-state index contributed by atoms with van der Waals surface area (Å²) < 4.78 is 0. The van der Waals surface area contributed by atoms with E-state index in [4.69, 9.17) is 28.0 Å². The predicted octanol–water partition coefficient (Wildman–Crippen LogP) is 4.50.